The van der Waals surface area contributed by atoms with Crippen LogP contribution in [0.15, 0.2) is 29.6 Å². The molecule has 0 aliphatic carbocycles. The number of hydrogen-bond donors (Lipinski definition) is 1. The summed E-state index contributed by atoms with van der Waals surface area (Å²) < 4.78 is 31.5. The maximum Gasteiger partial charge on any atom is 0.262 e. The fourth-order valence-corrected chi connectivity index (χ4v) is 2.42. The molecule has 0 aliphatic rings. The average Bonchev–Trinajstić information content (AvgIpc) is 2.94. The second-order valence-corrected chi connectivity index (χ2v) is 4.96. The summed E-state index contributed by atoms with van der Waals surface area (Å²) in [7, 11) is 1.47. The van der Waals surface area contributed by atoms with Crippen molar-refractivity contribution in [2.24, 2.45) is 0 Å². The normalized spacial score (nSPS) is 11.5. The Hall–Kier alpha value is -2.46. The highest BCUT2D eigenvalue weighted by atomic mass is 32.1. The number of hydrogen-bond acceptors (Lipinski definition) is 4. The van der Waals surface area contributed by atoms with Crippen molar-refractivity contribution in [3.8, 4) is 11.8 Å². The van der Waals surface area contributed by atoms with Gasteiger partial charge in [0.1, 0.15) is 23.4 Å². The molecule has 2 aromatic rings. The van der Waals surface area contributed by atoms with E-state index in [1.807, 2.05) is 0 Å². The third-order valence-corrected chi connectivity index (χ3v) is 3.62. The van der Waals surface area contributed by atoms with Crippen molar-refractivity contribution in [2.45, 2.75) is 6.04 Å². The number of nitrogens with one attached hydrogen (secondary N) is 1. The van der Waals surface area contributed by atoms with Crippen LogP contribution in [0.4, 0.5) is 8.78 Å². The highest BCUT2D eigenvalue weighted by Crippen LogP contribution is 2.23. The number of nitriles is 1. The molecule has 108 valence electrons. The molecule has 0 radical (unpaired) electrons. The number of carbonyl (C=O) groups is 1. The van der Waals surface area contributed by atoms with E-state index in [0.717, 1.165) is 23.5 Å². The van der Waals surface area contributed by atoms with Gasteiger partial charge in [-0.25, -0.2) is 8.78 Å². The van der Waals surface area contributed by atoms with Crippen LogP contribution in [-0.4, -0.2) is 13.0 Å². The van der Waals surface area contributed by atoms with Crippen LogP contribution in [0.2, 0.25) is 0 Å². The van der Waals surface area contributed by atoms with Crippen molar-refractivity contribution in [1.82, 2.24) is 5.32 Å². The topological polar surface area (TPSA) is 62.1 Å². The lowest BCUT2D eigenvalue weighted by Gasteiger charge is -2.12. The molecule has 1 aromatic carbocycles. The number of nitrogens with zero attached hydrogens (tertiary/aromatic N) is 1. The van der Waals surface area contributed by atoms with Crippen molar-refractivity contribution in [3.63, 3.8) is 0 Å². The molecule has 7 heteroatoms. The van der Waals surface area contributed by atoms with Gasteiger partial charge in [-0.15, -0.1) is 11.3 Å². The fraction of sp³-hybridized carbons (Fsp3) is 0.143. The van der Waals surface area contributed by atoms with Gasteiger partial charge in [0.2, 0.25) is 0 Å². The summed E-state index contributed by atoms with van der Waals surface area (Å²) >= 11 is 1.14. The molecule has 0 saturated heterocycles. The van der Waals surface area contributed by atoms with E-state index in [1.165, 1.54) is 13.2 Å². The molecule has 0 spiro atoms. The predicted molar refractivity (Wildman–Crippen MR) is 73.0 cm³/mol. The lowest BCUT2D eigenvalue weighted by atomic mass is 10.1. The van der Waals surface area contributed by atoms with Crippen LogP contribution in [0.3, 0.4) is 0 Å². The van der Waals surface area contributed by atoms with Gasteiger partial charge >= 0.3 is 0 Å². The monoisotopic (exact) mass is 308 g/mol. The van der Waals surface area contributed by atoms with Crippen LogP contribution in [0.5, 0.6) is 5.75 Å². The van der Waals surface area contributed by atoms with Gasteiger partial charge in [0.15, 0.2) is 0 Å². The van der Waals surface area contributed by atoms with Crippen LogP contribution >= 0.6 is 11.3 Å². The van der Waals surface area contributed by atoms with Gasteiger partial charge in [0, 0.05) is 23.1 Å². The van der Waals surface area contributed by atoms with Crippen molar-refractivity contribution in [2.75, 3.05) is 7.11 Å². The molecule has 21 heavy (non-hydrogen) atoms. The molecule has 2 rings (SSSR count). The Kier molecular flexibility index (Phi) is 4.50. The first kappa shape index (κ1) is 14.9. The number of benzene rings is 1. The van der Waals surface area contributed by atoms with E-state index in [9.17, 15) is 13.6 Å². The molecule has 0 bridgehead atoms. The summed E-state index contributed by atoms with van der Waals surface area (Å²) in [5.74, 6) is -1.64. The van der Waals surface area contributed by atoms with Crippen LogP contribution in [0.1, 0.15) is 21.3 Å². The standard InChI is InChI=1S/C14H10F2N2O2S/c1-20-9-5-13(21-7-9)14(19)18-12(6-17)10-3-2-8(15)4-11(10)16/h2-5,7,12H,1H3,(H,18,19)/t12-/m0/s1. The van der Waals surface area contributed by atoms with Gasteiger partial charge in [0.25, 0.3) is 5.91 Å². The summed E-state index contributed by atoms with van der Waals surface area (Å²) in [6.45, 7) is 0. The number of thiophene rings is 1. The Bertz CT molecular complexity index is 709. The van der Waals surface area contributed by atoms with E-state index < -0.39 is 23.6 Å². The molecule has 1 amide bonds. The molecule has 4 nitrogen and oxygen atoms in total. The van der Waals surface area contributed by atoms with Gasteiger partial charge < -0.3 is 10.1 Å². The largest absolute Gasteiger partial charge is 0.496 e. The molecular formula is C14H10F2N2O2S. The van der Waals surface area contributed by atoms with Gasteiger partial charge in [0.05, 0.1) is 18.1 Å². The molecule has 1 atom stereocenters. The number of halogens is 2. The first-order chi connectivity index (χ1) is 10.0. The van der Waals surface area contributed by atoms with E-state index in [2.05, 4.69) is 5.32 Å². The SMILES string of the molecule is COc1csc(C(=O)N[C@@H](C#N)c2ccc(F)cc2F)c1. The van der Waals surface area contributed by atoms with E-state index in [-0.39, 0.29) is 5.56 Å². The third-order valence-electron chi connectivity index (χ3n) is 2.71. The van der Waals surface area contributed by atoms with Gasteiger partial charge in [-0.05, 0) is 6.07 Å². The molecule has 0 fully saturated rings. The minimum atomic E-state index is -1.20. The Morgan fingerprint density at radius 1 is 1.43 bits per heavy atom. The van der Waals surface area contributed by atoms with E-state index in [0.29, 0.717) is 16.7 Å². The quantitative estimate of drug-likeness (QED) is 0.944. The molecule has 1 heterocycles. The molecule has 0 unspecified atom stereocenters. The molecule has 0 saturated carbocycles. The van der Waals surface area contributed by atoms with E-state index in [4.69, 9.17) is 10.00 Å². The van der Waals surface area contributed by atoms with Crippen LogP contribution in [0.25, 0.3) is 0 Å². The Balaban J connectivity index is 2.19. The highest BCUT2D eigenvalue weighted by Gasteiger charge is 2.20. The fourth-order valence-electron chi connectivity index (χ4n) is 1.66. The summed E-state index contributed by atoms with van der Waals surface area (Å²) in [6, 6.07) is 4.92. The lowest BCUT2D eigenvalue weighted by molar-refractivity contribution is 0.0948. The zero-order valence-electron chi connectivity index (χ0n) is 10.9. The average molecular weight is 308 g/mol. The minimum Gasteiger partial charge on any atom is -0.496 e. The van der Waals surface area contributed by atoms with Crippen LogP contribution < -0.4 is 10.1 Å². The van der Waals surface area contributed by atoms with E-state index >= 15 is 0 Å². The number of amides is 1. The maximum atomic E-state index is 13.6. The maximum absolute atomic E-state index is 13.6. The number of ether oxygens (including phenoxy) is 1. The second-order valence-electron chi connectivity index (χ2n) is 4.05. The van der Waals surface area contributed by atoms with Gasteiger partial charge in [-0.1, -0.05) is 6.07 Å². The minimum absolute atomic E-state index is 0.0872. The summed E-state index contributed by atoms with van der Waals surface area (Å²) in [6.07, 6.45) is 0. The van der Waals surface area contributed by atoms with Crippen molar-refractivity contribution >= 4 is 17.2 Å². The number of methoxy groups -OCH3 is 1. The highest BCUT2D eigenvalue weighted by molar-refractivity contribution is 7.12. The molecular weight excluding hydrogens is 298 g/mol. The lowest BCUT2D eigenvalue weighted by Crippen LogP contribution is -2.27. The Morgan fingerprint density at radius 3 is 2.76 bits per heavy atom. The smallest absolute Gasteiger partial charge is 0.262 e. The second kappa shape index (κ2) is 6.33. The van der Waals surface area contributed by atoms with Crippen LogP contribution in [-0.2, 0) is 0 Å². The first-order valence-corrected chi connectivity index (χ1v) is 6.71. The number of carbonyl (C=O) groups excluding carboxylic acids is 1. The van der Waals surface area contributed by atoms with Crippen molar-refractivity contribution in [3.05, 3.63) is 51.7 Å². The summed E-state index contributed by atoms with van der Waals surface area (Å²) in [4.78, 5) is 12.3. The Morgan fingerprint density at radius 2 is 2.19 bits per heavy atom. The molecule has 1 N–H and O–H groups in total. The third kappa shape index (κ3) is 3.35. The summed E-state index contributed by atoms with van der Waals surface area (Å²) in [5, 5.41) is 13.1. The predicted octanol–water partition coefficient (Wildman–Crippen LogP) is 3.03. The van der Waals surface area contributed by atoms with Gasteiger partial charge in [-0.3, -0.25) is 4.79 Å². The zero-order chi connectivity index (χ0) is 15.4. The Labute approximate surface area is 123 Å². The first-order valence-electron chi connectivity index (χ1n) is 5.83. The van der Waals surface area contributed by atoms with Crippen molar-refractivity contribution in [1.29, 1.82) is 5.26 Å². The number of rotatable bonds is 4. The van der Waals surface area contributed by atoms with Crippen LogP contribution in [0, 0.1) is 23.0 Å². The summed E-state index contributed by atoms with van der Waals surface area (Å²) in [5.41, 5.74) is -0.0872. The van der Waals surface area contributed by atoms with Crippen molar-refractivity contribution < 1.29 is 18.3 Å². The molecule has 0 aliphatic heterocycles. The van der Waals surface area contributed by atoms with Gasteiger partial charge in [-0.2, -0.15) is 5.26 Å². The molecule has 1 aromatic heterocycles. The van der Waals surface area contributed by atoms with E-state index in [1.54, 1.807) is 11.4 Å². The zero-order valence-corrected chi connectivity index (χ0v) is 11.7.